The number of hydrogen-bond acceptors (Lipinski definition) is 25. The summed E-state index contributed by atoms with van der Waals surface area (Å²) in [7, 11) is -7.66. The van der Waals surface area contributed by atoms with Crippen LogP contribution in [0.4, 0.5) is 57.4 Å². The maximum absolute atomic E-state index is 12.7. The minimum absolute atomic E-state index is 0. The molecule has 0 amide bonds. The molecule has 0 aliphatic heterocycles. The molecule has 6 aromatic carbocycles. The van der Waals surface area contributed by atoms with Crippen molar-refractivity contribution >= 4 is 141 Å². The molecule has 0 bridgehead atoms. The molecule has 0 fully saturated rings. The number of phenols is 2. The van der Waals surface area contributed by atoms with Crippen molar-refractivity contribution in [2.24, 2.45) is 40.9 Å². The van der Waals surface area contributed by atoms with Crippen LogP contribution in [0.15, 0.2) is 124 Å². The fourth-order valence-electron chi connectivity index (χ4n) is 6.72. The van der Waals surface area contributed by atoms with E-state index in [2.05, 4.69) is 71.3 Å². The molecule has 0 saturated carbocycles. The fourth-order valence-corrected chi connectivity index (χ4v) is 8.02. The number of H-pyrrole nitrogens is 2. The van der Waals surface area contributed by atoms with Gasteiger partial charge in [0.05, 0.1) is 25.6 Å². The first-order valence-electron chi connectivity index (χ1n) is 19.6. The number of carboxylic acids is 2. The van der Waals surface area contributed by atoms with Gasteiger partial charge in [-0.3, -0.25) is 9.11 Å². The van der Waals surface area contributed by atoms with E-state index < -0.39 is 76.5 Å². The van der Waals surface area contributed by atoms with Crippen LogP contribution in [0.2, 0.25) is 0 Å². The number of anilines is 2. The zero-order valence-electron chi connectivity index (χ0n) is 37.9. The Labute approximate surface area is 435 Å². The number of aromatic nitrogens is 6. The molecule has 0 saturated heterocycles. The van der Waals surface area contributed by atoms with Gasteiger partial charge in [0.15, 0.2) is 11.5 Å². The SMILES string of the molecule is COc1cc(-c2ccc(N=Nc3c(S(=O)(=O)O)cc4c(N=Nc5nc(C(=O)O)n[nH]5)c(N)ccc4c3O)c(OC)c2)ccc1N=Nc1c(S(=O)(=O)O)cc2c(N=Nc3nc(C(=O)O)n[nH]3)c(N)ccc2c1O.N.[Na]. The molecular weight excluding hydrogens is 1030 g/mol. The van der Waals surface area contributed by atoms with Gasteiger partial charge in [0.25, 0.3) is 43.8 Å². The quantitative estimate of drug-likeness (QED) is 0.0201. The normalized spacial score (nSPS) is 12.0. The molecule has 2 aromatic heterocycles. The Hall–Kier alpha value is -8.96. The summed E-state index contributed by atoms with van der Waals surface area (Å²) in [6.45, 7) is 0. The number of aromatic amines is 2. The third-order valence-corrected chi connectivity index (χ3v) is 11.8. The Morgan fingerprint density at radius 1 is 0.541 bits per heavy atom. The van der Waals surface area contributed by atoms with Gasteiger partial charge < -0.3 is 47.5 Å². The average Bonchev–Trinajstić information content (AvgIpc) is 4.03. The van der Waals surface area contributed by atoms with Crippen LogP contribution in [0.25, 0.3) is 32.7 Å². The Morgan fingerprint density at radius 2 is 0.905 bits per heavy atom. The molecule has 74 heavy (non-hydrogen) atoms. The van der Waals surface area contributed by atoms with Crippen LogP contribution < -0.4 is 27.1 Å². The summed E-state index contributed by atoms with van der Waals surface area (Å²) in [4.78, 5) is 27.7. The molecule has 0 aliphatic carbocycles. The number of ether oxygens (including phenoxy) is 2. The van der Waals surface area contributed by atoms with E-state index in [1.54, 1.807) is 12.1 Å². The Kier molecular flexibility index (Phi) is 15.7. The zero-order valence-corrected chi connectivity index (χ0v) is 41.6. The number of carbonyl (C=O) groups is 2. The van der Waals surface area contributed by atoms with Gasteiger partial charge >= 0.3 is 11.9 Å². The van der Waals surface area contributed by atoms with Gasteiger partial charge in [0, 0.05) is 51.1 Å². The number of fused-ring (bicyclic) bond motifs is 2. The summed E-state index contributed by atoms with van der Waals surface area (Å²) < 4.78 is 82.3. The maximum Gasteiger partial charge on any atom is 0.375 e. The van der Waals surface area contributed by atoms with Gasteiger partial charge in [-0.25, -0.2) is 19.8 Å². The summed E-state index contributed by atoms with van der Waals surface area (Å²) in [6, 6.07) is 16.1. The molecule has 15 N–H and O–H groups in total. The van der Waals surface area contributed by atoms with Crippen LogP contribution in [-0.2, 0) is 20.2 Å². The molecule has 34 heteroatoms. The number of methoxy groups -OCH3 is 2. The van der Waals surface area contributed by atoms with Crippen LogP contribution in [-0.4, -0.2) is 132 Å². The molecule has 8 aromatic rings. The largest absolute Gasteiger partial charge is 0.505 e. The second-order valence-corrected chi connectivity index (χ2v) is 17.2. The van der Waals surface area contributed by atoms with Gasteiger partial charge in [-0.15, -0.1) is 51.1 Å². The van der Waals surface area contributed by atoms with Gasteiger partial charge in [-0.2, -0.15) is 26.8 Å². The molecular formula is C40H33N17NaO14S2. The second-order valence-electron chi connectivity index (χ2n) is 14.4. The predicted octanol–water partition coefficient (Wildman–Crippen LogP) is 7.82. The third-order valence-electron chi connectivity index (χ3n) is 10.1. The topological polar surface area (TPSA) is 511 Å². The molecule has 0 spiro atoms. The van der Waals surface area contributed by atoms with E-state index >= 15 is 0 Å². The summed E-state index contributed by atoms with van der Waals surface area (Å²) in [6.07, 6.45) is 0. The summed E-state index contributed by atoms with van der Waals surface area (Å²) >= 11 is 0. The number of azo groups is 4. The number of aromatic carboxylic acids is 2. The van der Waals surface area contributed by atoms with E-state index in [1.807, 2.05) is 0 Å². The monoisotopic (exact) mass is 1060 g/mol. The van der Waals surface area contributed by atoms with Crippen molar-refractivity contribution in [2.45, 2.75) is 9.79 Å². The zero-order chi connectivity index (χ0) is 51.8. The fraction of sp³-hybridized carbons (Fsp3) is 0.0500. The van der Waals surface area contributed by atoms with Gasteiger partial charge in [-0.05, 0) is 71.8 Å². The maximum atomic E-state index is 12.7. The van der Waals surface area contributed by atoms with E-state index in [1.165, 1.54) is 62.8 Å². The number of aromatic hydroxyl groups is 2. The summed E-state index contributed by atoms with van der Waals surface area (Å²) in [5.41, 5.74) is 11.3. The summed E-state index contributed by atoms with van der Waals surface area (Å²) in [5.74, 6) is -6.16. The number of nitrogens with two attached hydrogens (primary N) is 2. The molecule has 375 valence electrons. The van der Waals surface area contributed by atoms with E-state index in [0.717, 1.165) is 12.1 Å². The van der Waals surface area contributed by atoms with Crippen molar-refractivity contribution in [3.63, 3.8) is 0 Å². The molecule has 2 heterocycles. The first-order valence-corrected chi connectivity index (χ1v) is 22.5. The van der Waals surface area contributed by atoms with E-state index in [9.17, 15) is 45.7 Å². The summed E-state index contributed by atoms with van der Waals surface area (Å²) in [5, 5.41) is 83.5. The number of rotatable bonds is 15. The van der Waals surface area contributed by atoms with E-state index in [-0.39, 0.29) is 115 Å². The van der Waals surface area contributed by atoms with Crippen molar-refractivity contribution in [3.05, 3.63) is 84.4 Å². The Balaban J connectivity index is 0.00000446. The number of phenolic OH excluding ortho intramolecular Hbond substituents is 2. The molecule has 0 aliphatic rings. The third kappa shape index (κ3) is 10.9. The minimum Gasteiger partial charge on any atom is -0.505 e. The van der Waals surface area contributed by atoms with Gasteiger partial charge in [0.1, 0.15) is 55.4 Å². The predicted molar refractivity (Wildman–Crippen MR) is 259 cm³/mol. The number of benzene rings is 6. The molecule has 0 atom stereocenters. The standard InChI is InChI=1S/C40H30N16O14S2.H3N.Na/c1-69-25-11-15(3-9-23(25)45-49-31-27(71(63,64)65)13-19-17(33(31)57)5-7-21(41)29(19)47-53-39-43-35(37(59)60)51-55-39)16-4-10-24(26(12-16)70-2)46-50-32-28(72(66,67)68)14-20-18(34(32)58)6-8-22(42)30(20)48-54-40-44-36(38(61)62)52-56-40;;/h3-14,57-58H,41-42H2,1-2H3,(H,59,60)(H,61,62)(H,43,51,55)(H,44,52,56)(H,63,64,65)(H,66,67,68);1H3;. The molecule has 1 radical (unpaired) electrons. The van der Waals surface area contributed by atoms with Crippen molar-refractivity contribution < 1.29 is 65.4 Å². The smallest absolute Gasteiger partial charge is 0.375 e. The Bertz CT molecular complexity index is 3690. The number of nitrogens with one attached hydrogen (secondary N) is 2. The van der Waals surface area contributed by atoms with Gasteiger partial charge in [0.2, 0.25) is 0 Å². The Morgan fingerprint density at radius 3 is 1.23 bits per heavy atom. The van der Waals surface area contributed by atoms with Crippen LogP contribution in [0, 0.1) is 0 Å². The van der Waals surface area contributed by atoms with Crippen LogP contribution in [0.3, 0.4) is 0 Å². The van der Waals surface area contributed by atoms with Crippen LogP contribution in [0.1, 0.15) is 21.2 Å². The van der Waals surface area contributed by atoms with E-state index in [0.29, 0.717) is 11.1 Å². The number of nitrogens with zero attached hydrogens (tertiary/aromatic N) is 12. The van der Waals surface area contributed by atoms with Crippen molar-refractivity contribution in [1.82, 2.24) is 36.5 Å². The van der Waals surface area contributed by atoms with E-state index in [4.69, 9.17) is 31.2 Å². The minimum atomic E-state index is -5.13. The first kappa shape index (κ1) is 54.4. The molecule has 8 rings (SSSR count). The van der Waals surface area contributed by atoms with Crippen LogP contribution in [0.5, 0.6) is 23.0 Å². The first-order chi connectivity index (χ1) is 34.2. The number of nitrogen functional groups attached to an aromatic ring is 2. The molecule has 31 nitrogen and oxygen atoms in total. The van der Waals surface area contributed by atoms with Crippen molar-refractivity contribution in [2.75, 3.05) is 25.7 Å². The molecule has 0 unspecified atom stereocenters. The number of hydrogen-bond donors (Lipinski definition) is 11. The van der Waals surface area contributed by atoms with Crippen molar-refractivity contribution in [3.8, 4) is 34.1 Å². The average molecular weight is 1060 g/mol. The van der Waals surface area contributed by atoms with Gasteiger partial charge in [-0.1, -0.05) is 12.1 Å². The van der Waals surface area contributed by atoms with Crippen LogP contribution >= 0.6 is 0 Å². The van der Waals surface area contributed by atoms with Crippen molar-refractivity contribution in [1.29, 1.82) is 0 Å². The number of carboxylic acid groups (broad SMARTS) is 2. The second kappa shape index (κ2) is 21.4.